The highest BCUT2D eigenvalue weighted by Crippen LogP contribution is 2.31. The number of anilines is 1. The van der Waals surface area contributed by atoms with Crippen molar-refractivity contribution in [2.75, 3.05) is 39.5 Å². The van der Waals surface area contributed by atoms with E-state index in [4.69, 9.17) is 9.47 Å². The molecule has 0 bridgehead atoms. The van der Waals surface area contributed by atoms with Gasteiger partial charge in [-0.05, 0) is 12.1 Å². The normalized spacial score (nSPS) is 14.2. The molecule has 0 radical (unpaired) electrons. The SMILES string of the molecule is CNC(=O)c1cccc(F)c1N1COCC(C(=O)OC)=C1C(=O)OC. The van der Waals surface area contributed by atoms with Crippen molar-refractivity contribution in [1.82, 2.24) is 5.32 Å². The van der Waals surface area contributed by atoms with E-state index in [1.165, 1.54) is 19.2 Å². The van der Waals surface area contributed by atoms with Crippen LogP contribution in [0, 0.1) is 5.82 Å². The third kappa shape index (κ3) is 3.45. The van der Waals surface area contributed by atoms with E-state index in [1.807, 2.05) is 0 Å². The van der Waals surface area contributed by atoms with Crippen molar-refractivity contribution in [2.45, 2.75) is 0 Å². The van der Waals surface area contributed by atoms with Gasteiger partial charge in [-0.15, -0.1) is 0 Å². The van der Waals surface area contributed by atoms with Crippen LogP contribution in [0.2, 0.25) is 0 Å². The summed E-state index contributed by atoms with van der Waals surface area (Å²) in [5.74, 6) is -3.03. The lowest BCUT2D eigenvalue weighted by atomic mass is 10.1. The van der Waals surface area contributed by atoms with Crippen molar-refractivity contribution < 1.29 is 33.0 Å². The topological polar surface area (TPSA) is 94.2 Å². The summed E-state index contributed by atoms with van der Waals surface area (Å²) in [4.78, 5) is 37.4. The quantitative estimate of drug-likeness (QED) is 0.792. The summed E-state index contributed by atoms with van der Waals surface area (Å²) in [5, 5.41) is 2.39. The smallest absolute Gasteiger partial charge is 0.355 e. The average molecular weight is 352 g/mol. The number of amides is 1. The molecule has 0 aliphatic carbocycles. The van der Waals surface area contributed by atoms with Crippen molar-refractivity contribution in [1.29, 1.82) is 0 Å². The molecule has 2 rings (SSSR count). The van der Waals surface area contributed by atoms with Gasteiger partial charge in [0.25, 0.3) is 5.91 Å². The van der Waals surface area contributed by atoms with E-state index in [0.29, 0.717) is 0 Å². The highest BCUT2D eigenvalue weighted by Gasteiger charge is 2.35. The molecule has 0 aromatic heterocycles. The van der Waals surface area contributed by atoms with Gasteiger partial charge in [-0.3, -0.25) is 4.79 Å². The molecule has 134 valence electrons. The minimum atomic E-state index is -0.880. The van der Waals surface area contributed by atoms with Crippen LogP contribution >= 0.6 is 0 Å². The van der Waals surface area contributed by atoms with Gasteiger partial charge in [-0.2, -0.15) is 0 Å². The van der Waals surface area contributed by atoms with Crippen LogP contribution < -0.4 is 10.2 Å². The van der Waals surface area contributed by atoms with Gasteiger partial charge < -0.3 is 24.4 Å². The highest BCUT2D eigenvalue weighted by molar-refractivity contribution is 6.06. The fourth-order valence-electron chi connectivity index (χ4n) is 2.43. The van der Waals surface area contributed by atoms with Crippen LogP contribution in [-0.4, -0.2) is 52.5 Å². The predicted molar refractivity (Wildman–Crippen MR) is 84.1 cm³/mol. The lowest BCUT2D eigenvalue weighted by molar-refractivity contribution is -0.140. The Labute approximate surface area is 143 Å². The predicted octanol–water partition coefficient (Wildman–Crippen LogP) is 0.579. The number of nitrogens with one attached hydrogen (secondary N) is 1. The standard InChI is InChI=1S/C16H17FN2O6/c1-18-14(20)9-5-4-6-11(17)12(9)19-8-25-7-10(15(21)23-2)13(19)16(22)24-3/h4-6H,7-8H2,1-3H3,(H,18,20). The number of hydrogen-bond donors (Lipinski definition) is 1. The average Bonchev–Trinajstić information content (AvgIpc) is 2.65. The maximum atomic E-state index is 14.5. The molecule has 1 aromatic rings. The largest absolute Gasteiger partial charge is 0.466 e. The summed E-state index contributed by atoms with van der Waals surface area (Å²) in [6, 6.07) is 3.87. The van der Waals surface area contributed by atoms with Gasteiger partial charge in [-0.1, -0.05) is 6.07 Å². The number of rotatable bonds is 4. The second-order valence-electron chi connectivity index (χ2n) is 4.93. The first kappa shape index (κ1) is 18.4. The van der Waals surface area contributed by atoms with Crippen LogP contribution in [0.5, 0.6) is 0 Å². The second-order valence-corrected chi connectivity index (χ2v) is 4.93. The lowest BCUT2D eigenvalue weighted by Crippen LogP contribution is -2.40. The van der Waals surface area contributed by atoms with Gasteiger partial charge in [0.1, 0.15) is 18.2 Å². The van der Waals surface area contributed by atoms with Crippen molar-refractivity contribution in [2.24, 2.45) is 0 Å². The number of nitrogens with zero attached hydrogens (tertiary/aromatic N) is 1. The van der Waals surface area contributed by atoms with Crippen molar-refractivity contribution >= 4 is 23.5 Å². The number of halogens is 1. The molecule has 0 spiro atoms. The Kier molecular flexibility index (Phi) is 5.71. The molecule has 0 fully saturated rings. The molecule has 1 aliphatic rings. The zero-order valence-electron chi connectivity index (χ0n) is 13.9. The minimum Gasteiger partial charge on any atom is -0.466 e. The molecule has 1 amide bonds. The van der Waals surface area contributed by atoms with Gasteiger partial charge in [0.2, 0.25) is 0 Å². The Hall–Kier alpha value is -2.94. The Morgan fingerprint density at radius 2 is 1.88 bits per heavy atom. The van der Waals surface area contributed by atoms with Gasteiger partial charge in [0.05, 0.1) is 37.7 Å². The zero-order valence-corrected chi connectivity index (χ0v) is 13.9. The number of para-hydroxylation sites is 1. The van der Waals surface area contributed by atoms with Gasteiger partial charge in [0, 0.05) is 7.05 Å². The van der Waals surface area contributed by atoms with Crippen LogP contribution in [0.1, 0.15) is 10.4 Å². The Balaban J connectivity index is 2.70. The van der Waals surface area contributed by atoms with Gasteiger partial charge >= 0.3 is 11.9 Å². The van der Waals surface area contributed by atoms with E-state index in [-0.39, 0.29) is 35.9 Å². The van der Waals surface area contributed by atoms with Crippen LogP contribution in [0.4, 0.5) is 10.1 Å². The van der Waals surface area contributed by atoms with Crippen LogP contribution in [-0.2, 0) is 23.8 Å². The van der Waals surface area contributed by atoms with E-state index >= 15 is 0 Å². The number of methoxy groups -OCH3 is 2. The van der Waals surface area contributed by atoms with E-state index in [9.17, 15) is 18.8 Å². The Bertz CT molecular complexity index is 746. The van der Waals surface area contributed by atoms with Crippen LogP contribution in [0.15, 0.2) is 29.5 Å². The summed E-state index contributed by atoms with van der Waals surface area (Å²) < 4.78 is 29.1. The van der Waals surface area contributed by atoms with Gasteiger partial charge in [-0.25, -0.2) is 14.0 Å². The van der Waals surface area contributed by atoms with E-state index < -0.39 is 23.7 Å². The summed E-state index contributed by atoms with van der Waals surface area (Å²) in [5.41, 5.74) is -0.607. The fourth-order valence-corrected chi connectivity index (χ4v) is 2.43. The molecule has 0 saturated carbocycles. The number of ether oxygens (including phenoxy) is 3. The molecule has 1 N–H and O–H groups in total. The number of esters is 2. The summed E-state index contributed by atoms with van der Waals surface area (Å²) in [7, 11) is 3.65. The molecule has 0 unspecified atom stereocenters. The van der Waals surface area contributed by atoms with Crippen molar-refractivity contribution in [3.63, 3.8) is 0 Å². The molecule has 25 heavy (non-hydrogen) atoms. The van der Waals surface area contributed by atoms with Crippen LogP contribution in [0.25, 0.3) is 0 Å². The second kappa shape index (κ2) is 7.75. The number of benzene rings is 1. The van der Waals surface area contributed by atoms with Gasteiger partial charge in [0.15, 0.2) is 0 Å². The maximum Gasteiger partial charge on any atom is 0.355 e. The monoisotopic (exact) mass is 352 g/mol. The van der Waals surface area contributed by atoms with E-state index in [1.54, 1.807) is 0 Å². The molecule has 1 aliphatic heterocycles. The molecular weight excluding hydrogens is 335 g/mol. The first-order chi connectivity index (χ1) is 12.0. The highest BCUT2D eigenvalue weighted by atomic mass is 19.1. The first-order valence-electron chi connectivity index (χ1n) is 7.21. The minimum absolute atomic E-state index is 0.0291. The lowest BCUT2D eigenvalue weighted by Gasteiger charge is -2.32. The molecular formula is C16H17FN2O6. The molecule has 9 heteroatoms. The zero-order chi connectivity index (χ0) is 18.6. The number of carbonyl (C=O) groups is 3. The fraction of sp³-hybridized carbons (Fsp3) is 0.312. The molecule has 1 aromatic carbocycles. The van der Waals surface area contributed by atoms with E-state index in [0.717, 1.165) is 25.2 Å². The third-order valence-corrected chi connectivity index (χ3v) is 3.56. The Morgan fingerprint density at radius 3 is 2.48 bits per heavy atom. The number of hydrogen-bond acceptors (Lipinski definition) is 7. The van der Waals surface area contributed by atoms with Crippen molar-refractivity contribution in [3.05, 3.63) is 40.8 Å². The third-order valence-electron chi connectivity index (χ3n) is 3.56. The molecule has 0 atom stereocenters. The van der Waals surface area contributed by atoms with Crippen LogP contribution in [0.3, 0.4) is 0 Å². The number of carbonyl (C=O) groups excluding carboxylic acids is 3. The van der Waals surface area contributed by atoms with Crippen molar-refractivity contribution in [3.8, 4) is 0 Å². The molecule has 1 heterocycles. The summed E-state index contributed by atoms with van der Waals surface area (Å²) >= 11 is 0. The Morgan fingerprint density at radius 1 is 1.20 bits per heavy atom. The molecule has 8 nitrogen and oxygen atoms in total. The summed E-state index contributed by atoms with van der Waals surface area (Å²) in [6.45, 7) is -0.465. The molecule has 0 saturated heterocycles. The first-order valence-corrected chi connectivity index (χ1v) is 7.21. The summed E-state index contributed by atoms with van der Waals surface area (Å²) in [6.07, 6.45) is 0. The van der Waals surface area contributed by atoms with E-state index in [2.05, 4.69) is 10.1 Å². The maximum absolute atomic E-state index is 14.5.